The van der Waals surface area contributed by atoms with E-state index in [-0.39, 0.29) is 30.0 Å². The third kappa shape index (κ3) is 6.47. The molecule has 0 spiro atoms. The molecule has 1 amide bonds. The Kier molecular flexibility index (Phi) is 5.83. The first-order valence-electron chi connectivity index (χ1n) is 5.43. The second-order valence-corrected chi connectivity index (χ2v) is 5.09. The Hall–Kier alpha value is -0.610. The lowest BCUT2D eigenvalue weighted by Crippen LogP contribution is -2.47. The van der Waals surface area contributed by atoms with Crippen molar-refractivity contribution < 1.29 is 9.90 Å². The van der Waals surface area contributed by atoms with Gasteiger partial charge in [-0.1, -0.05) is 13.8 Å². The minimum atomic E-state index is -0.224. The molecule has 0 aliphatic heterocycles. The summed E-state index contributed by atoms with van der Waals surface area (Å²) in [5.74, 6) is -0.00117. The monoisotopic (exact) mass is 216 g/mol. The molecule has 0 fully saturated rings. The van der Waals surface area contributed by atoms with Crippen molar-refractivity contribution in [1.29, 1.82) is 0 Å². The zero-order valence-electron chi connectivity index (χ0n) is 10.4. The number of hydrogen-bond acceptors (Lipinski definition) is 3. The summed E-state index contributed by atoms with van der Waals surface area (Å²) in [6, 6.07) is -0.0640. The molecule has 0 aliphatic carbocycles. The first-order chi connectivity index (χ1) is 6.78. The van der Waals surface area contributed by atoms with E-state index in [1.54, 1.807) is 0 Å². The van der Waals surface area contributed by atoms with E-state index in [0.717, 1.165) is 0 Å². The number of rotatable bonds is 6. The Bertz CT molecular complexity index is 203. The molecule has 0 saturated heterocycles. The van der Waals surface area contributed by atoms with Gasteiger partial charge < -0.3 is 15.7 Å². The van der Waals surface area contributed by atoms with Crippen molar-refractivity contribution in [2.45, 2.75) is 46.7 Å². The lowest BCUT2D eigenvalue weighted by Gasteiger charge is -2.24. The Morgan fingerprint density at radius 2 is 1.87 bits per heavy atom. The van der Waals surface area contributed by atoms with E-state index in [2.05, 4.69) is 10.6 Å². The molecule has 0 heterocycles. The molecule has 15 heavy (non-hydrogen) atoms. The van der Waals surface area contributed by atoms with E-state index < -0.39 is 0 Å². The molecule has 4 nitrogen and oxygen atoms in total. The van der Waals surface area contributed by atoms with Crippen LogP contribution in [-0.2, 0) is 4.79 Å². The fourth-order valence-electron chi connectivity index (χ4n) is 0.988. The van der Waals surface area contributed by atoms with E-state index >= 15 is 0 Å². The predicted octanol–water partition coefficient (Wildman–Crippen LogP) is 0.508. The van der Waals surface area contributed by atoms with Gasteiger partial charge in [0.15, 0.2) is 0 Å². The van der Waals surface area contributed by atoms with Crippen LogP contribution in [0.25, 0.3) is 0 Å². The highest BCUT2D eigenvalue weighted by atomic mass is 16.3. The van der Waals surface area contributed by atoms with Crippen molar-refractivity contribution in [3.63, 3.8) is 0 Å². The number of aliphatic hydroxyl groups excluding tert-OH is 1. The van der Waals surface area contributed by atoms with Crippen molar-refractivity contribution in [3.05, 3.63) is 0 Å². The van der Waals surface area contributed by atoms with Gasteiger partial charge in [-0.3, -0.25) is 4.79 Å². The summed E-state index contributed by atoms with van der Waals surface area (Å²) in [7, 11) is 0. The van der Waals surface area contributed by atoms with Crippen LogP contribution in [0, 0.1) is 5.41 Å². The molecular weight excluding hydrogens is 192 g/mol. The second-order valence-electron chi connectivity index (χ2n) is 5.09. The Morgan fingerprint density at radius 3 is 2.27 bits per heavy atom. The third-order valence-corrected chi connectivity index (χ3v) is 2.14. The fourth-order valence-corrected chi connectivity index (χ4v) is 0.988. The molecule has 0 aromatic rings. The minimum absolute atomic E-state index is 0.00117. The standard InChI is InChI=1S/C11H24N2O2/c1-8(2)13-10(15)9(3)12-6-11(4,5)7-14/h8-9,12,14H,6-7H2,1-5H3,(H,13,15). The van der Waals surface area contributed by atoms with Gasteiger partial charge in [0.25, 0.3) is 0 Å². The van der Waals surface area contributed by atoms with Crippen molar-refractivity contribution >= 4 is 5.91 Å². The molecule has 0 bridgehead atoms. The predicted molar refractivity (Wildman–Crippen MR) is 61.6 cm³/mol. The molecule has 3 N–H and O–H groups in total. The van der Waals surface area contributed by atoms with Crippen LogP contribution in [-0.4, -0.2) is 36.2 Å². The van der Waals surface area contributed by atoms with Gasteiger partial charge in [0, 0.05) is 24.6 Å². The van der Waals surface area contributed by atoms with Crippen LogP contribution in [0.3, 0.4) is 0 Å². The van der Waals surface area contributed by atoms with E-state index in [1.165, 1.54) is 0 Å². The quantitative estimate of drug-likeness (QED) is 0.606. The number of nitrogens with one attached hydrogen (secondary N) is 2. The van der Waals surface area contributed by atoms with Crippen LogP contribution in [0.4, 0.5) is 0 Å². The molecule has 0 radical (unpaired) electrons. The van der Waals surface area contributed by atoms with Gasteiger partial charge in [-0.15, -0.1) is 0 Å². The van der Waals surface area contributed by atoms with Gasteiger partial charge >= 0.3 is 0 Å². The normalized spacial score (nSPS) is 14.1. The smallest absolute Gasteiger partial charge is 0.237 e. The third-order valence-electron chi connectivity index (χ3n) is 2.14. The summed E-state index contributed by atoms with van der Waals surface area (Å²) < 4.78 is 0. The summed E-state index contributed by atoms with van der Waals surface area (Å²) in [5.41, 5.74) is -0.188. The average Bonchev–Trinajstić information content (AvgIpc) is 2.13. The molecule has 0 aromatic heterocycles. The van der Waals surface area contributed by atoms with Gasteiger partial charge in [0.1, 0.15) is 0 Å². The van der Waals surface area contributed by atoms with E-state index in [1.807, 2.05) is 34.6 Å². The maximum Gasteiger partial charge on any atom is 0.237 e. The fraction of sp³-hybridized carbons (Fsp3) is 0.909. The number of carbonyl (C=O) groups excluding carboxylic acids is 1. The molecule has 0 aromatic carbocycles. The maximum atomic E-state index is 11.5. The van der Waals surface area contributed by atoms with Crippen molar-refractivity contribution in [1.82, 2.24) is 10.6 Å². The number of amides is 1. The topological polar surface area (TPSA) is 61.4 Å². The first kappa shape index (κ1) is 14.4. The molecule has 1 atom stereocenters. The van der Waals surface area contributed by atoms with E-state index in [0.29, 0.717) is 6.54 Å². The Labute approximate surface area is 92.4 Å². The zero-order chi connectivity index (χ0) is 12.1. The highest BCUT2D eigenvalue weighted by Gasteiger charge is 2.20. The van der Waals surface area contributed by atoms with Crippen LogP contribution in [0.1, 0.15) is 34.6 Å². The summed E-state index contributed by atoms with van der Waals surface area (Å²) in [5, 5.41) is 15.0. The molecule has 1 unspecified atom stereocenters. The minimum Gasteiger partial charge on any atom is -0.396 e. The van der Waals surface area contributed by atoms with Crippen LogP contribution in [0.15, 0.2) is 0 Å². The van der Waals surface area contributed by atoms with E-state index in [4.69, 9.17) is 5.11 Å². The van der Waals surface area contributed by atoms with Gasteiger partial charge in [-0.05, 0) is 20.8 Å². The van der Waals surface area contributed by atoms with E-state index in [9.17, 15) is 4.79 Å². The van der Waals surface area contributed by atoms with Crippen molar-refractivity contribution in [3.8, 4) is 0 Å². The molecule has 90 valence electrons. The molecular formula is C11H24N2O2. The van der Waals surface area contributed by atoms with Crippen LogP contribution in [0.5, 0.6) is 0 Å². The molecule has 0 saturated carbocycles. The maximum absolute atomic E-state index is 11.5. The van der Waals surface area contributed by atoms with Gasteiger partial charge in [-0.2, -0.15) is 0 Å². The lowest BCUT2D eigenvalue weighted by molar-refractivity contribution is -0.123. The number of carbonyl (C=O) groups is 1. The number of hydrogen-bond donors (Lipinski definition) is 3. The highest BCUT2D eigenvalue weighted by molar-refractivity contribution is 5.81. The lowest BCUT2D eigenvalue weighted by atomic mass is 9.94. The Morgan fingerprint density at radius 1 is 1.33 bits per heavy atom. The summed E-state index contributed by atoms with van der Waals surface area (Å²) in [6.45, 7) is 10.3. The molecule has 0 aliphatic rings. The summed E-state index contributed by atoms with van der Waals surface area (Å²) >= 11 is 0. The zero-order valence-corrected chi connectivity index (χ0v) is 10.4. The van der Waals surface area contributed by atoms with Crippen molar-refractivity contribution in [2.24, 2.45) is 5.41 Å². The summed E-state index contributed by atoms with van der Waals surface area (Å²) in [4.78, 5) is 11.5. The largest absolute Gasteiger partial charge is 0.396 e. The van der Waals surface area contributed by atoms with Gasteiger partial charge in [-0.25, -0.2) is 0 Å². The SMILES string of the molecule is CC(C)NC(=O)C(C)NCC(C)(C)CO. The molecule has 0 rings (SSSR count). The summed E-state index contributed by atoms with van der Waals surface area (Å²) in [6.07, 6.45) is 0. The van der Waals surface area contributed by atoms with Gasteiger partial charge in [0.05, 0.1) is 6.04 Å². The average molecular weight is 216 g/mol. The van der Waals surface area contributed by atoms with Crippen LogP contribution < -0.4 is 10.6 Å². The van der Waals surface area contributed by atoms with Crippen molar-refractivity contribution in [2.75, 3.05) is 13.2 Å². The molecule has 4 heteroatoms. The number of aliphatic hydroxyl groups is 1. The first-order valence-corrected chi connectivity index (χ1v) is 5.43. The second kappa shape index (κ2) is 6.08. The highest BCUT2D eigenvalue weighted by Crippen LogP contribution is 2.11. The van der Waals surface area contributed by atoms with Crippen LogP contribution in [0.2, 0.25) is 0 Å². The van der Waals surface area contributed by atoms with Gasteiger partial charge in [0.2, 0.25) is 5.91 Å². The Balaban J connectivity index is 3.93. The van der Waals surface area contributed by atoms with Crippen LogP contribution >= 0.6 is 0 Å².